The van der Waals surface area contributed by atoms with Crippen LogP contribution in [0, 0.1) is 5.92 Å². The van der Waals surface area contributed by atoms with Gasteiger partial charge in [0.05, 0.1) is 0 Å². The Bertz CT molecular complexity index is 531. The lowest BCUT2D eigenvalue weighted by atomic mass is 9.83. The zero-order chi connectivity index (χ0) is 15.5. The number of hydrogen-bond donors (Lipinski definition) is 1. The second kappa shape index (κ2) is 6.43. The fourth-order valence-corrected chi connectivity index (χ4v) is 3.56. The zero-order valence-corrected chi connectivity index (χ0v) is 12.6. The van der Waals surface area contributed by atoms with Crippen molar-refractivity contribution in [3.05, 3.63) is 12.7 Å². The number of carbonyl (C=O) groups excluding carboxylic acids is 2. The lowest BCUT2D eigenvalue weighted by molar-refractivity contribution is -0.144. The van der Waals surface area contributed by atoms with E-state index in [2.05, 4.69) is 10.1 Å². The smallest absolute Gasteiger partial charge is 0.244 e. The highest BCUT2D eigenvalue weighted by atomic mass is 16.2. The minimum Gasteiger partial charge on any atom is -0.341 e. The topological polar surface area (TPSA) is 97.3 Å². The first-order valence-corrected chi connectivity index (χ1v) is 7.78. The van der Waals surface area contributed by atoms with Crippen LogP contribution in [-0.2, 0) is 16.1 Å². The van der Waals surface area contributed by atoms with E-state index < -0.39 is 0 Å². The van der Waals surface area contributed by atoms with E-state index in [0.29, 0.717) is 38.5 Å². The van der Waals surface area contributed by atoms with Crippen molar-refractivity contribution in [2.45, 2.75) is 31.8 Å². The Morgan fingerprint density at radius 2 is 2.27 bits per heavy atom. The second-order valence-electron chi connectivity index (χ2n) is 5.96. The molecule has 0 unspecified atom stereocenters. The number of aromatic nitrogens is 3. The summed E-state index contributed by atoms with van der Waals surface area (Å²) in [5.41, 5.74) is 5.62. The van der Waals surface area contributed by atoms with Gasteiger partial charge in [0.15, 0.2) is 0 Å². The van der Waals surface area contributed by atoms with Crippen LogP contribution in [0.4, 0.5) is 0 Å². The van der Waals surface area contributed by atoms with Crippen LogP contribution in [0.3, 0.4) is 0 Å². The number of piperidine rings is 2. The molecule has 1 aromatic rings. The maximum atomic E-state index is 12.3. The monoisotopic (exact) mass is 306 g/mol. The fraction of sp³-hybridized carbons (Fsp3) is 0.714. The second-order valence-corrected chi connectivity index (χ2v) is 5.96. The van der Waals surface area contributed by atoms with Gasteiger partial charge in [-0.1, -0.05) is 0 Å². The van der Waals surface area contributed by atoms with E-state index in [1.54, 1.807) is 11.0 Å². The number of carbonyl (C=O) groups is 2. The molecule has 2 saturated heterocycles. The predicted octanol–water partition coefficient (Wildman–Crippen LogP) is -0.924. The van der Waals surface area contributed by atoms with Gasteiger partial charge in [-0.15, -0.1) is 0 Å². The molecule has 0 aliphatic carbocycles. The van der Waals surface area contributed by atoms with Crippen LogP contribution in [0.15, 0.2) is 12.7 Å². The molecular weight excluding hydrogens is 284 g/mol. The standard InChI is InChI=1S/C14H22N6O2/c15-4-6-20-12-3-5-18(7-11(12)1-2-13(20)21)14(22)8-19-10-16-9-17-19/h9-12H,1-8,15H2/t11-,12+/m0/s1. The molecule has 8 heteroatoms. The van der Waals surface area contributed by atoms with Gasteiger partial charge in [-0.25, -0.2) is 9.67 Å². The van der Waals surface area contributed by atoms with Crippen molar-refractivity contribution < 1.29 is 9.59 Å². The highest BCUT2D eigenvalue weighted by Gasteiger charge is 2.39. The summed E-state index contributed by atoms with van der Waals surface area (Å²) in [4.78, 5) is 32.0. The third-order valence-corrected chi connectivity index (χ3v) is 4.63. The van der Waals surface area contributed by atoms with E-state index in [0.717, 1.165) is 12.8 Å². The van der Waals surface area contributed by atoms with Gasteiger partial charge in [-0.3, -0.25) is 9.59 Å². The van der Waals surface area contributed by atoms with Crippen molar-refractivity contribution in [2.75, 3.05) is 26.2 Å². The average molecular weight is 306 g/mol. The van der Waals surface area contributed by atoms with Crippen molar-refractivity contribution in [2.24, 2.45) is 11.7 Å². The number of nitrogens with zero attached hydrogens (tertiary/aromatic N) is 5. The van der Waals surface area contributed by atoms with E-state index in [4.69, 9.17) is 5.73 Å². The molecule has 1 aromatic heterocycles. The Kier molecular flexibility index (Phi) is 4.37. The van der Waals surface area contributed by atoms with Crippen molar-refractivity contribution in [3.8, 4) is 0 Å². The molecule has 120 valence electrons. The molecule has 2 atom stereocenters. The van der Waals surface area contributed by atoms with Gasteiger partial charge in [0.25, 0.3) is 0 Å². The van der Waals surface area contributed by atoms with Gasteiger partial charge >= 0.3 is 0 Å². The van der Waals surface area contributed by atoms with Crippen LogP contribution >= 0.6 is 0 Å². The molecule has 3 heterocycles. The Balaban J connectivity index is 1.61. The molecule has 2 aliphatic rings. The summed E-state index contributed by atoms with van der Waals surface area (Å²) < 4.78 is 1.54. The number of rotatable bonds is 4. The average Bonchev–Trinajstić information content (AvgIpc) is 3.02. The number of fused-ring (bicyclic) bond motifs is 1. The third kappa shape index (κ3) is 2.96. The van der Waals surface area contributed by atoms with E-state index >= 15 is 0 Å². The molecule has 2 amide bonds. The van der Waals surface area contributed by atoms with E-state index in [1.807, 2.05) is 9.80 Å². The van der Waals surface area contributed by atoms with Crippen LogP contribution < -0.4 is 5.73 Å². The van der Waals surface area contributed by atoms with E-state index in [-0.39, 0.29) is 24.4 Å². The summed E-state index contributed by atoms with van der Waals surface area (Å²) in [6, 6.07) is 0.236. The Hall–Kier alpha value is -1.96. The summed E-state index contributed by atoms with van der Waals surface area (Å²) >= 11 is 0. The van der Waals surface area contributed by atoms with Gasteiger partial charge in [0.2, 0.25) is 11.8 Å². The van der Waals surface area contributed by atoms with Crippen molar-refractivity contribution >= 4 is 11.8 Å². The minimum atomic E-state index is 0.0613. The molecule has 2 aliphatic heterocycles. The highest BCUT2D eigenvalue weighted by Crippen LogP contribution is 2.31. The van der Waals surface area contributed by atoms with Crippen molar-refractivity contribution in [1.29, 1.82) is 0 Å². The number of nitrogens with two attached hydrogens (primary N) is 1. The molecule has 0 radical (unpaired) electrons. The molecule has 3 rings (SSSR count). The van der Waals surface area contributed by atoms with Gasteiger partial charge < -0.3 is 15.5 Å². The van der Waals surface area contributed by atoms with Crippen molar-refractivity contribution in [1.82, 2.24) is 24.6 Å². The van der Waals surface area contributed by atoms with Crippen LogP contribution in [0.1, 0.15) is 19.3 Å². The summed E-state index contributed by atoms with van der Waals surface area (Å²) in [6.45, 7) is 2.73. The SMILES string of the molecule is NCCN1C(=O)CC[C@H]2CN(C(=O)Cn3cncn3)CC[C@H]21. The molecule has 0 bridgehead atoms. The molecule has 2 N–H and O–H groups in total. The number of hydrogen-bond acceptors (Lipinski definition) is 5. The van der Waals surface area contributed by atoms with Crippen LogP contribution in [0.25, 0.3) is 0 Å². The zero-order valence-electron chi connectivity index (χ0n) is 12.6. The lowest BCUT2D eigenvalue weighted by Gasteiger charge is -2.47. The van der Waals surface area contributed by atoms with E-state index in [9.17, 15) is 9.59 Å². The van der Waals surface area contributed by atoms with Gasteiger partial charge in [-0.05, 0) is 18.8 Å². The summed E-state index contributed by atoms with van der Waals surface area (Å²) in [5, 5.41) is 3.97. The summed E-state index contributed by atoms with van der Waals surface area (Å²) in [6.07, 6.45) is 5.23. The highest BCUT2D eigenvalue weighted by molar-refractivity contribution is 5.78. The fourth-order valence-electron chi connectivity index (χ4n) is 3.56. The van der Waals surface area contributed by atoms with Gasteiger partial charge in [-0.2, -0.15) is 5.10 Å². The first kappa shape index (κ1) is 15.0. The molecular formula is C14H22N6O2. The maximum Gasteiger partial charge on any atom is 0.244 e. The Morgan fingerprint density at radius 1 is 1.41 bits per heavy atom. The Labute approximate surface area is 129 Å². The first-order valence-electron chi connectivity index (χ1n) is 7.78. The largest absolute Gasteiger partial charge is 0.341 e. The normalized spacial score (nSPS) is 25.2. The predicted molar refractivity (Wildman–Crippen MR) is 78.5 cm³/mol. The maximum absolute atomic E-state index is 12.3. The van der Waals surface area contributed by atoms with Gasteiger partial charge in [0.1, 0.15) is 19.2 Å². The third-order valence-electron chi connectivity index (χ3n) is 4.63. The van der Waals surface area contributed by atoms with Gasteiger partial charge in [0, 0.05) is 38.6 Å². The van der Waals surface area contributed by atoms with Crippen LogP contribution in [0.5, 0.6) is 0 Å². The van der Waals surface area contributed by atoms with Crippen molar-refractivity contribution in [3.63, 3.8) is 0 Å². The molecule has 8 nitrogen and oxygen atoms in total. The summed E-state index contributed by atoms with van der Waals surface area (Å²) in [5.74, 6) is 0.623. The molecule has 22 heavy (non-hydrogen) atoms. The molecule has 0 aromatic carbocycles. The number of amides is 2. The molecule has 0 spiro atoms. The lowest BCUT2D eigenvalue weighted by Crippen LogP contribution is -2.58. The number of likely N-dealkylation sites (tertiary alicyclic amines) is 2. The molecule has 0 saturated carbocycles. The van der Waals surface area contributed by atoms with Crippen LogP contribution in [0.2, 0.25) is 0 Å². The Morgan fingerprint density at radius 3 is 3.00 bits per heavy atom. The summed E-state index contributed by atoms with van der Waals surface area (Å²) in [7, 11) is 0. The quantitative estimate of drug-likeness (QED) is 0.775. The molecule has 2 fully saturated rings. The van der Waals surface area contributed by atoms with Crippen LogP contribution in [-0.4, -0.2) is 68.6 Å². The van der Waals surface area contributed by atoms with E-state index in [1.165, 1.54) is 6.33 Å². The first-order chi connectivity index (χ1) is 10.7. The minimum absolute atomic E-state index is 0.0613.